The zero-order valence-electron chi connectivity index (χ0n) is 8.22. The van der Waals surface area contributed by atoms with E-state index >= 15 is 0 Å². The third-order valence-corrected chi connectivity index (χ3v) is 0.983. The maximum absolute atomic E-state index is 10.1. The fourth-order valence-electron chi connectivity index (χ4n) is 0.262. The van der Waals surface area contributed by atoms with Gasteiger partial charge in [-0.25, -0.2) is 9.59 Å². The molecule has 84 valence electrons. The molecule has 0 aliphatic rings. The van der Waals surface area contributed by atoms with Gasteiger partial charge >= 0.3 is 11.9 Å². The Morgan fingerprint density at radius 3 is 1.79 bits per heavy atom. The summed E-state index contributed by atoms with van der Waals surface area (Å²) in [6.45, 7) is -0.531. The summed E-state index contributed by atoms with van der Waals surface area (Å²) in [7, 11) is 3.60. The van der Waals surface area contributed by atoms with Crippen LogP contribution in [0.3, 0.4) is 0 Å². The number of carbonyl (C=O) groups excluding carboxylic acids is 2. The monoisotopic (exact) mass is 210 g/mol. The minimum Gasteiger partial charge on any atom is -0.467 e. The summed E-state index contributed by atoms with van der Waals surface area (Å²) in [5.41, 5.74) is 0. The molecule has 0 amide bonds. The largest absolute Gasteiger partial charge is 0.467 e. The predicted octanol–water partition coefficient (Wildman–Crippen LogP) is -1.72. The topological polar surface area (TPSA) is 102 Å². The van der Waals surface area contributed by atoms with Crippen molar-refractivity contribution in [3.63, 3.8) is 0 Å². The van der Waals surface area contributed by atoms with Crippen molar-refractivity contribution in [2.75, 3.05) is 27.9 Å². The molecule has 0 saturated heterocycles. The Labute approximate surface area is 81.2 Å². The van der Waals surface area contributed by atoms with Gasteiger partial charge in [0.25, 0.3) is 6.29 Å². The lowest BCUT2D eigenvalue weighted by molar-refractivity contribution is -0.174. The summed E-state index contributed by atoms with van der Waals surface area (Å²) in [6.07, 6.45) is -1.44. The number of carbonyl (C=O) groups is 2. The molecule has 0 aliphatic heterocycles. The van der Waals surface area contributed by atoms with E-state index in [1.165, 1.54) is 21.3 Å². The van der Waals surface area contributed by atoms with Crippen molar-refractivity contribution in [1.29, 1.82) is 0 Å². The number of ether oxygens (including phenoxy) is 3. The molecule has 2 N–H and O–H groups in total. The SMILES string of the molecule is COC(=O)C(O)OC.COC(=O)CO. The van der Waals surface area contributed by atoms with Crippen LogP contribution in [0.4, 0.5) is 0 Å². The summed E-state index contributed by atoms with van der Waals surface area (Å²) in [5, 5.41) is 16.3. The van der Waals surface area contributed by atoms with Crippen molar-refractivity contribution in [2.45, 2.75) is 6.29 Å². The van der Waals surface area contributed by atoms with Gasteiger partial charge in [-0.1, -0.05) is 0 Å². The van der Waals surface area contributed by atoms with Crippen LogP contribution in [-0.2, 0) is 23.8 Å². The molecular weight excluding hydrogens is 196 g/mol. The normalized spacial score (nSPS) is 10.6. The van der Waals surface area contributed by atoms with Gasteiger partial charge < -0.3 is 24.4 Å². The molecule has 0 saturated carbocycles. The molecule has 0 fully saturated rings. The van der Waals surface area contributed by atoms with Gasteiger partial charge in [0, 0.05) is 7.11 Å². The average molecular weight is 210 g/mol. The Bertz CT molecular complexity index is 161. The zero-order chi connectivity index (χ0) is 11.6. The molecule has 7 heteroatoms. The van der Waals surface area contributed by atoms with Crippen LogP contribution < -0.4 is 0 Å². The Morgan fingerprint density at radius 1 is 1.21 bits per heavy atom. The van der Waals surface area contributed by atoms with Gasteiger partial charge in [-0.05, 0) is 0 Å². The molecule has 14 heavy (non-hydrogen) atoms. The molecule has 0 heterocycles. The van der Waals surface area contributed by atoms with E-state index in [-0.39, 0.29) is 0 Å². The minimum absolute atomic E-state index is 0.531. The molecule has 0 aromatic rings. The highest BCUT2D eigenvalue weighted by atomic mass is 16.6. The first-order valence-corrected chi connectivity index (χ1v) is 3.49. The van der Waals surface area contributed by atoms with Crippen molar-refractivity contribution < 1.29 is 34.0 Å². The number of methoxy groups -OCH3 is 3. The van der Waals surface area contributed by atoms with Gasteiger partial charge in [-0.3, -0.25) is 0 Å². The summed E-state index contributed by atoms with van der Waals surface area (Å²) < 4.78 is 12.3. The van der Waals surface area contributed by atoms with Gasteiger partial charge in [0.1, 0.15) is 6.61 Å². The lowest BCUT2D eigenvalue weighted by Gasteiger charge is -2.02. The van der Waals surface area contributed by atoms with E-state index in [0.717, 1.165) is 0 Å². The predicted molar refractivity (Wildman–Crippen MR) is 44.1 cm³/mol. The van der Waals surface area contributed by atoms with Crippen LogP contribution >= 0.6 is 0 Å². The summed E-state index contributed by atoms with van der Waals surface area (Å²) in [6, 6.07) is 0. The molecule has 1 atom stereocenters. The van der Waals surface area contributed by atoms with E-state index in [1.807, 2.05) is 0 Å². The van der Waals surface area contributed by atoms with Crippen molar-refractivity contribution in [3.05, 3.63) is 0 Å². The molecule has 0 aliphatic carbocycles. The molecule has 0 aromatic carbocycles. The van der Waals surface area contributed by atoms with Gasteiger partial charge in [-0.15, -0.1) is 0 Å². The highest BCUT2D eigenvalue weighted by Gasteiger charge is 2.11. The molecule has 0 spiro atoms. The summed E-state index contributed by atoms with van der Waals surface area (Å²) in [4.78, 5) is 19.9. The first-order chi connectivity index (χ1) is 6.53. The number of esters is 2. The van der Waals surface area contributed by atoms with E-state index in [4.69, 9.17) is 10.2 Å². The Balaban J connectivity index is 0. The smallest absolute Gasteiger partial charge is 0.362 e. The molecule has 7 nitrogen and oxygen atoms in total. The van der Waals surface area contributed by atoms with Crippen LogP contribution in [0.2, 0.25) is 0 Å². The van der Waals surface area contributed by atoms with Gasteiger partial charge in [-0.2, -0.15) is 0 Å². The molecular formula is C7H14O7. The molecule has 0 radical (unpaired) electrons. The van der Waals surface area contributed by atoms with Crippen molar-refractivity contribution in [3.8, 4) is 0 Å². The van der Waals surface area contributed by atoms with E-state index in [2.05, 4.69) is 14.2 Å². The Kier molecular flexibility index (Phi) is 10.8. The number of hydrogen-bond donors (Lipinski definition) is 2. The summed E-state index contributed by atoms with van der Waals surface area (Å²) >= 11 is 0. The fourth-order valence-corrected chi connectivity index (χ4v) is 0.262. The van der Waals surface area contributed by atoms with E-state index in [9.17, 15) is 9.59 Å². The van der Waals surface area contributed by atoms with Crippen molar-refractivity contribution in [2.24, 2.45) is 0 Å². The van der Waals surface area contributed by atoms with Gasteiger partial charge in [0.2, 0.25) is 0 Å². The van der Waals surface area contributed by atoms with Gasteiger partial charge in [0.15, 0.2) is 0 Å². The highest BCUT2D eigenvalue weighted by molar-refractivity contribution is 5.72. The second kappa shape index (κ2) is 9.90. The first-order valence-electron chi connectivity index (χ1n) is 3.49. The van der Waals surface area contributed by atoms with E-state index in [0.29, 0.717) is 0 Å². The quantitative estimate of drug-likeness (QED) is 0.421. The first kappa shape index (κ1) is 15.3. The van der Waals surface area contributed by atoms with Crippen molar-refractivity contribution >= 4 is 11.9 Å². The molecule has 0 rings (SSSR count). The minimum atomic E-state index is -1.44. The third kappa shape index (κ3) is 8.91. The van der Waals surface area contributed by atoms with Crippen LogP contribution in [0.25, 0.3) is 0 Å². The van der Waals surface area contributed by atoms with E-state index in [1.54, 1.807) is 0 Å². The molecule has 1 unspecified atom stereocenters. The lowest BCUT2D eigenvalue weighted by atomic mass is 10.7. The average Bonchev–Trinajstić information content (AvgIpc) is 2.26. The summed E-state index contributed by atoms with van der Waals surface area (Å²) in [5.74, 6) is -1.39. The van der Waals surface area contributed by atoms with Gasteiger partial charge in [0.05, 0.1) is 14.2 Å². The van der Waals surface area contributed by atoms with Crippen LogP contribution in [0, 0.1) is 0 Å². The lowest BCUT2D eigenvalue weighted by Crippen LogP contribution is -2.23. The number of hydrogen-bond acceptors (Lipinski definition) is 7. The van der Waals surface area contributed by atoms with E-state index < -0.39 is 24.8 Å². The second-order valence-corrected chi connectivity index (χ2v) is 1.85. The van der Waals surface area contributed by atoms with Crippen molar-refractivity contribution in [1.82, 2.24) is 0 Å². The Hall–Kier alpha value is -1.18. The molecule has 0 bridgehead atoms. The maximum atomic E-state index is 10.1. The van der Waals surface area contributed by atoms with Crippen LogP contribution in [0.5, 0.6) is 0 Å². The standard InChI is InChI=1S/C4H8O4.C3H6O3/c1-7-3(5)4(6)8-2;1-6-3(5)2-4/h3,5H,1-2H3;4H,2H2,1H3. The number of aliphatic hydroxyl groups is 2. The Morgan fingerprint density at radius 2 is 1.71 bits per heavy atom. The van der Waals surface area contributed by atoms with Crippen LogP contribution in [-0.4, -0.2) is 56.4 Å². The highest BCUT2D eigenvalue weighted by Crippen LogP contribution is 1.84. The third-order valence-electron chi connectivity index (χ3n) is 0.983. The fraction of sp³-hybridized carbons (Fsp3) is 0.714. The van der Waals surface area contributed by atoms with Crippen LogP contribution in [0.15, 0.2) is 0 Å². The number of rotatable bonds is 3. The maximum Gasteiger partial charge on any atom is 0.362 e. The zero-order valence-corrected chi connectivity index (χ0v) is 8.22. The molecule has 0 aromatic heterocycles. The second-order valence-electron chi connectivity index (χ2n) is 1.85. The number of aliphatic hydroxyl groups excluding tert-OH is 2. The van der Waals surface area contributed by atoms with Crippen LogP contribution in [0.1, 0.15) is 0 Å².